The number of carboxylic acid groups (broad SMARTS) is 3. The third-order valence-corrected chi connectivity index (χ3v) is 2.21. The molecule has 0 aliphatic heterocycles. The molecule has 0 rings (SSSR count). The normalized spacial score (nSPS) is 12.0. The van der Waals surface area contributed by atoms with Gasteiger partial charge >= 0.3 is 29.8 Å². The zero-order chi connectivity index (χ0) is 19.4. The molecule has 0 aliphatic rings. The molecule has 0 aromatic carbocycles. The van der Waals surface area contributed by atoms with Crippen LogP contribution in [0.2, 0.25) is 0 Å². The van der Waals surface area contributed by atoms with E-state index >= 15 is 0 Å². The molecule has 0 heterocycles. The summed E-state index contributed by atoms with van der Waals surface area (Å²) in [6, 6.07) is 0. The predicted octanol–water partition coefficient (Wildman–Crippen LogP) is -1.24. The summed E-state index contributed by atoms with van der Waals surface area (Å²) in [5.74, 6) is -7.02. The Balaban J connectivity index is 0. The molecule has 0 aromatic heterocycles. The first-order chi connectivity index (χ1) is 10.9. The van der Waals surface area contributed by atoms with Crippen LogP contribution in [0, 0.1) is 0 Å². The number of carboxylic acids is 3. The fourth-order valence-electron chi connectivity index (χ4n) is 0.884. The highest BCUT2D eigenvalue weighted by Gasteiger charge is 2.27. The summed E-state index contributed by atoms with van der Waals surface area (Å²) < 4.78 is 3.87. The molecule has 2 atom stereocenters. The van der Waals surface area contributed by atoms with Crippen LogP contribution in [0.25, 0.3) is 0 Å². The Morgan fingerprint density at radius 1 is 0.875 bits per heavy atom. The lowest BCUT2D eigenvalue weighted by Crippen LogP contribution is -2.33. The molecule has 24 heavy (non-hydrogen) atoms. The number of rotatable bonds is 8. The SMILES string of the molecule is C=C(CC)C(=O)O.O=C(O)CC(O)C(=O)OC(=O)C(O)CC(=O)O. The van der Waals surface area contributed by atoms with E-state index in [4.69, 9.17) is 25.5 Å². The van der Waals surface area contributed by atoms with E-state index in [1.165, 1.54) is 0 Å². The average molecular weight is 350 g/mol. The van der Waals surface area contributed by atoms with Crippen molar-refractivity contribution in [1.29, 1.82) is 0 Å². The van der Waals surface area contributed by atoms with Gasteiger partial charge in [-0.25, -0.2) is 14.4 Å². The van der Waals surface area contributed by atoms with E-state index in [0.717, 1.165) is 0 Å². The third-order valence-electron chi connectivity index (χ3n) is 2.21. The van der Waals surface area contributed by atoms with Crippen LogP contribution in [0.15, 0.2) is 12.2 Å². The Morgan fingerprint density at radius 2 is 1.21 bits per heavy atom. The molecule has 0 radical (unpaired) electrons. The maximum atomic E-state index is 10.9. The summed E-state index contributed by atoms with van der Waals surface area (Å²) in [6.45, 7) is 5.03. The van der Waals surface area contributed by atoms with E-state index in [0.29, 0.717) is 6.42 Å². The number of ether oxygens (including phenoxy) is 1. The van der Waals surface area contributed by atoms with Gasteiger partial charge in [-0.3, -0.25) is 9.59 Å². The van der Waals surface area contributed by atoms with Gasteiger partial charge in [0.05, 0.1) is 12.8 Å². The highest BCUT2D eigenvalue weighted by atomic mass is 16.6. The van der Waals surface area contributed by atoms with Crippen molar-refractivity contribution in [1.82, 2.24) is 0 Å². The molecular weight excluding hydrogens is 332 g/mol. The lowest BCUT2D eigenvalue weighted by molar-refractivity contribution is -0.174. The van der Waals surface area contributed by atoms with Gasteiger partial charge in [0.2, 0.25) is 0 Å². The second-order valence-corrected chi connectivity index (χ2v) is 4.23. The fraction of sp³-hybridized carbons (Fsp3) is 0.462. The summed E-state index contributed by atoms with van der Waals surface area (Å²) >= 11 is 0. The predicted molar refractivity (Wildman–Crippen MR) is 74.7 cm³/mol. The Morgan fingerprint density at radius 3 is 1.38 bits per heavy atom. The molecule has 11 nitrogen and oxygen atoms in total. The van der Waals surface area contributed by atoms with Gasteiger partial charge in [-0.15, -0.1) is 0 Å². The standard InChI is InChI=1S/C8H10O9.C5H8O2/c9-3(1-5(11)12)7(15)17-8(16)4(10)2-6(13)14;1-3-4(2)5(6)7/h3-4,9-10H,1-2H2,(H,11,12)(H,13,14);2-3H2,1H3,(H,6,7). The Bertz CT molecular complexity index is 476. The third kappa shape index (κ3) is 11.8. The van der Waals surface area contributed by atoms with Crippen LogP contribution in [0.4, 0.5) is 0 Å². The molecule has 0 amide bonds. The number of hydrogen-bond donors (Lipinski definition) is 5. The first kappa shape index (κ1) is 23.5. The maximum absolute atomic E-state index is 10.9. The molecule has 2 unspecified atom stereocenters. The highest BCUT2D eigenvalue weighted by Crippen LogP contribution is 2.00. The summed E-state index contributed by atoms with van der Waals surface area (Å²) in [5, 5.41) is 42.3. The van der Waals surface area contributed by atoms with Crippen molar-refractivity contribution in [3.8, 4) is 0 Å². The van der Waals surface area contributed by atoms with Crippen molar-refractivity contribution in [3.63, 3.8) is 0 Å². The van der Waals surface area contributed by atoms with Crippen LogP contribution in [0.5, 0.6) is 0 Å². The number of esters is 2. The summed E-state index contributed by atoms with van der Waals surface area (Å²) in [5.41, 5.74) is 0.264. The first-order valence-corrected chi connectivity index (χ1v) is 6.38. The maximum Gasteiger partial charge on any atom is 0.343 e. The van der Waals surface area contributed by atoms with Gasteiger partial charge in [0, 0.05) is 5.57 Å². The average Bonchev–Trinajstić information content (AvgIpc) is 2.45. The van der Waals surface area contributed by atoms with Crippen LogP contribution < -0.4 is 0 Å². The number of hydrogen-bond acceptors (Lipinski definition) is 8. The Labute approximate surface area is 135 Å². The molecule has 0 spiro atoms. The summed E-state index contributed by atoms with van der Waals surface area (Å²) in [7, 11) is 0. The second kappa shape index (κ2) is 11.7. The van der Waals surface area contributed by atoms with E-state index in [1.807, 2.05) is 0 Å². The van der Waals surface area contributed by atoms with Crippen LogP contribution in [-0.4, -0.2) is 67.6 Å². The van der Waals surface area contributed by atoms with Gasteiger partial charge in [-0.2, -0.15) is 0 Å². The van der Waals surface area contributed by atoms with Crippen molar-refractivity contribution >= 4 is 29.8 Å². The zero-order valence-corrected chi connectivity index (χ0v) is 12.7. The van der Waals surface area contributed by atoms with Crippen molar-refractivity contribution in [2.45, 2.75) is 38.4 Å². The van der Waals surface area contributed by atoms with E-state index in [1.54, 1.807) is 6.92 Å². The van der Waals surface area contributed by atoms with Gasteiger partial charge in [0.15, 0.2) is 12.2 Å². The van der Waals surface area contributed by atoms with Gasteiger partial charge in [0.1, 0.15) is 0 Å². The number of aliphatic hydroxyl groups is 2. The molecule has 11 heteroatoms. The molecule has 0 bridgehead atoms. The minimum atomic E-state index is -2.06. The zero-order valence-electron chi connectivity index (χ0n) is 12.7. The molecule has 0 fully saturated rings. The van der Waals surface area contributed by atoms with Crippen LogP contribution in [0.1, 0.15) is 26.2 Å². The van der Waals surface area contributed by atoms with Crippen molar-refractivity contribution in [2.75, 3.05) is 0 Å². The molecule has 0 saturated carbocycles. The topological polar surface area (TPSA) is 196 Å². The van der Waals surface area contributed by atoms with Crippen molar-refractivity contribution in [2.24, 2.45) is 0 Å². The van der Waals surface area contributed by atoms with E-state index in [9.17, 15) is 24.0 Å². The van der Waals surface area contributed by atoms with Crippen LogP contribution in [0.3, 0.4) is 0 Å². The van der Waals surface area contributed by atoms with E-state index in [2.05, 4.69) is 11.3 Å². The molecule has 136 valence electrons. The molecule has 5 N–H and O–H groups in total. The van der Waals surface area contributed by atoms with E-state index in [-0.39, 0.29) is 5.57 Å². The smallest absolute Gasteiger partial charge is 0.343 e. The number of carbonyl (C=O) groups excluding carboxylic acids is 2. The van der Waals surface area contributed by atoms with Crippen LogP contribution >= 0.6 is 0 Å². The Kier molecular flexibility index (Phi) is 11.5. The lowest BCUT2D eigenvalue weighted by Gasteiger charge is -2.09. The minimum Gasteiger partial charge on any atom is -0.481 e. The summed E-state index contributed by atoms with van der Waals surface area (Å²) in [6.07, 6.45) is -5.54. The van der Waals surface area contributed by atoms with Crippen molar-refractivity contribution < 1.29 is 54.2 Å². The quantitative estimate of drug-likeness (QED) is 0.199. The number of aliphatic carboxylic acids is 3. The molecule has 0 aliphatic carbocycles. The number of carbonyl (C=O) groups is 5. The second-order valence-electron chi connectivity index (χ2n) is 4.23. The van der Waals surface area contributed by atoms with E-state index < -0.39 is 54.9 Å². The highest BCUT2D eigenvalue weighted by molar-refractivity contribution is 5.92. The van der Waals surface area contributed by atoms with Gasteiger partial charge in [-0.05, 0) is 6.42 Å². The largest absolute Gasteiger partial charge is 0.481 e. The monoisotopic (exact) mass is 350 g/mol. The van der Waals surface area contributed by atoms with Gasteiger partial charge < -0.3 is 30.3 Å². The molecule has 0 saturated heterocycles. The molecule has 0 aromatic rings. The Hall–Kier alpha value is -2.79. The first-order valence-electron chi connectivity index (χ1n) is 6.38. The number of aliphatic hydroxyl groups excluding tert-OH is 2. The van der Waals surface area contributed by atoms with Crippen LogP contribution in [-0.2, 0) is 28.7 Å². The lowest BCUT2D eigenvalue weighted by atomic mass is 10.2. The summed E-state index contributed by atoms with van der Waals surface area (Å²) in [4.78, 5) is 51.8. The van der Waals surface area contributed by atoms with Crippen molar-refractivity contribution in [3.05, 3.63) is 12.2 Å². The fourth-order valence-corrected chi connectivity index (χ4v) is 0.884. The van der Waals surface area contributed by atoms with Gasteiger partial charge in [0.25, 0.3) is 0 Å². The minimum absolute atomic E-state index is 0.264. The van der Waals surface area contributed by atoms with Gasteiger partial charge in [-0.1, -0.05) is 13.5 Å². The molecular formula is C13H18O11.